The average Bonchev–Trinajstić information content (AvgIpc) is 2.22. The molecular weight excluding hydrogens is 196 g/mol. The molecule has 0 aliphatic heterocycles. The van der Waals surface area contributed by atoms with Gasteiger partial charge >= 0.3 is 11.9 Å². The van der Waals surface area contributed by atoms with E-state index < -0.39 is 23.8 Å². The Kier molecular flexibility index (Phi) is 6.75. The Bertz CT molecular complexity index is 213. The number of aliphatic carboxylic acids is 1. The normalized spacial score (nSPS) is 14.3. The van der Waals surface area contributed by atoms with Crippen LogP contribution in [0.1, 0.15) is 39.5 Å². The molecule has 0 saturated heterocycles. The quantitative estimate of drug-likeness (QED) is 0.522. The van der Waals surface area contributed by atoms with Crippen LogP contribution in [-0.2, 0) is 14.3 Å². The fraction of sp³-hybridized carbons (Fsp3) is 0.818. The van der Waals surface area contributed by atoms with Gasteiger partial charge in [-0.2, -0.15) is 0 Å². The van der Waals surface area contributed by atoms with Crippen molar-refractivity contribution >= 4 is 11.9 Å². The number of rotatable bonds is 7. The molecule has 4 heteroatoms. The number of unbranched alkanes of at least 4 members (excludes halogenated alkanes) is 2. The maximum Gasteiger partial charge on any atom is 0.309 e. The lowest BCUT2D eigenvalue weighted by molar-refractivity contribution is -0.155. The van der Waals surface area contributed by atoms with Gasteiger partial charge in [0.25, 0.3) is 0 Å². The molecule has 0 aliphatic rings. The topological polar surface area (TPSA) is 63.6 Å². The predicted molar refractivity (Wildman–Crippen MR) is 56.4 cm³/mol. The van der Waals surface area contributed by atoms with Crippen LogP contribution in [0.15, 0.2) is 0 Å². The molecule has 0 fully saturated rings. The van der Waals surface area contributed by atoms with Crippen molar-refractivity contribution in [2.75, 3.05) is 7.11 Å². The van der Waals surface area contributed by atoms with Crippen LogP contribution >= 0.6 is 0 Å². The first-order valence-electron chi connectivity index (χ1n) is 5.35. The number of ether oxygens (including phenoxy) is 1. The third kappa shape index (κ3) is 4.81. The number of carbonyl (C=O) groups is 2. The molecule has 0 amide bonds. The van der Waals surface area contributed by atoms with Gasteiger partial charge in [0.05, 0.1) is 18.9 Å². The zero-order valence-electron chi connectivity index (χ0n) is 9.66. The first-order valence-corrected chi connectivity index (χ1v) is 5.35. The smallest absolute Gasteiger partial charge is 0.309 e. The predicted octanol–water partition coefficient (Wildman–Crippen LogP) is 2.08. The Morgan fingerprint density at radius 1 is 1.33 bits per heavy atom. The van der Waals surface area contributed by atoms with Gasteiger partial charge < -0.3 is 9.84 Å². The van der Waals surface area contributed by atoms with Gasteiger partial charge in [0.15, 0.2) is 0 Å². The van der Waals surface area contributed by atoms with Gasteiger partial charge in [-0.3, -0.25) is 9.59 Å². The molecule has 0 aliphatic carbocycles. The van der Waals surface area contributed by atoms with Gasteiger partial charge in [0.1, 0.15) is 0 Å². The molecule has 0 rings (SSSR count). The average molecular weight is 216 g/mol. The molecule has 0 aromatic heterocycles. The van der Waals surface area contributed by atoms with Crippen molar-refractivity contribution in [1.82, 2.24) is 0 Å². The van der Waals surface area contributed by atoms with Crippen molar-refractivity contribution in [2.45, 2.75) is 39.5 Å². The molecular formula is C11H20O4. The second-order valence-corrected chi connectivity index (χ2v) is 3.75. The van der Waals surface area contributed by atoms with E-state index in [-0.39, 0.29) is 0 Å². The van der Waals surface area contributed by atoms with Crippen LogP contribution in [0.2, 0.25) is 0 Å². The van der Waals surface area contributed by atoms with Crippen LogP contribution in [-0.4, -0.2) is 24.2 Å². The first kappa shape index (κ1) is 13.9. The van der Waals surface area contributed by atoms with Crippen molar-refractivity contribution in [3.05, 3.63) is 0 Å². The van der Waals surface area contributed by atoms with Crippen LogP contribution in [0.4, 0.5) is 0 Å². The molecule has 0 heterocycles. The van der Waals surface area contributed by atoms with Crippen LogP contribution in [0, 0.1) is 11.8 Å². The first-order chi connectivity index (χ1) is 7.04. The number of hydrogen-bond donors (Lipinski definition) is 1. The second kappa shape index (κ2) is 7.26. The Labute approximate surface area is 90.6 Å². The maximum atomic E-state index is 11.2. The van der Waals surface area contributed by atoms with E-state index in [1.54, 1.807) is 6.92 Å². The molecule has 0 aromatic rings. The van der Waals surface area contributed by atoms with Crippen molar-refractivity contribution in [3.8, 4) is 0 Å². The summed E-state index contributed by atoms with van der Waals surface area (Å²) in [7, 11) is 1.28. The highest BCUT2D eigenvalue weighted by molar-refractivity contribution is 5.80. The van der Waals surface area contributed by atoms with Gasteiger partial charge in [-0.1, -0.05) is 33.1 Å². The van der Waals surface area contributed by atoms with Crippen LogP contribution in [0.5, 0.6) is 0 Å². The summed E-state index contributed by atoms with van der Waals surface area (Å²) in [5.41, 5.74) is 0. The summed E-state index contributed by atoms with van der Waals surface area (Å²) in [6.45, 7) is 3.66. The number of carboxylic acids is 1. The van der Waals surface area contributed by atoms with Gasteiger partial charge in [-0.05, 0) is 6.42 Å². The van der Waals surface area contributed by atoms with E-state index in [2.05, 4.69) is 11.7 Å². The summed E-state index contributed by atoms with van der Waals surface area (Å²) in [5.74, 6) is -2.55. The van der Waals surface area contributed by atoms with E-state index >= 15 is 0 Å². The molecule has 0 spiro atoms. The maximum absolute atomic E-state index is 11.2. The lowest BCUT2D eigenvalue weighted by Gasteiger charge is -2.17. The van der Waals surface area contributed by atoms with E-state index in [0.717, 1.165) is 19.3 Å². The zero-order valence-corrected chi connectivity index (χ0v) is 9.66. The molecule has 4 nitrogen and oxygen atoms in total. The summed E-state index contributed by atoms with van der Waals surface area (Å²) in [6, 6.07) is 0. The van der Waals surface area contributed by atoms with E-state index in [1.807, 2.05) is 0 Å². The number of hydrogen-bond acceptors (Lipinski definition) is 3. The van der Waals surface area contributed by atoms with Gasteiger partial charge in [0, 0.05) is 0 Å². The summed E-state index contributed by atoms with van der Waals surface area (Å²) in [5, 5.41) is 8.98. The van der Waals surface area contributed by atoms with Crippen molar-refractivity contribution in [1.29, 1.82) is 0 Å². The molecule has 2 unspecified atom stereocenters. The fourth-order valence-corrected chi connectivity index (χ4v) is 1.55. The SMILES string of the molecule is CCCCCC(C(=O)O)C(C)C(=O)OC. The van der Waals surface area contributed by atoms with Gasteiger partial charge in [-0.25, -0.2) is 0 Å². The fourth-order valence-electron chi connectivity index (χ4n) is 1.55. The highest BCUT2D eigenvalue weighted by Crippen LogP contribution is 2.20. The van der Waals surface area contributed by atoms with Crippen LogP contribution < -0.4 is 0 Å². The lowest BCUT2D eigenvalue weighted by Crippen LogP contribution is -2.28. The number of carboxylic acid groups (broad SMARTS) is 1. The molecule has 0 bridgehead atoms. The van der Waals surface area contributed by atoms with Crippen LogP contribution in [0.3, 0.4) is 0 Å². The zero-order chi connectivity index (χ0) is 11.8. The van der Waals surface area contributed by atoms with E-state index in [1.165, 1.54) is 7.11 Å². The van der Waals surface area contributed by atoms with Gasteiger partial charge in [-0.15, -0.1) is 0 Å². The molecule has 0 saturated carbocycles. The monoisotopic (exact) mass is 216 g/mol. The van der Waals surface area contributed by atoms with Crippen molar-refractivity contribution < 1.29 is 19.4 Å². The number of methoxy groups -OCH3 is 1. The van der Waals surface area contributed by atoms with Gasteiger partial charge in [0.2, 0.25) is 0 Å². The highest BCUT2D eigenvalue weighted by Gasteiger charge is 2.29. The summed E-state index contributed by atoms with van der Waals surface area (Å²) in [4.78, 5) is 22.2. The molecule has 0 aromatic carbocycles. The summed E-state index contributed by atoms with van der Waals surface area (Å²) < 4.78 is 4.55. The summed E-state index contributed by atoms with van der Waals surface area (Å²) in [6.07, 6.45) is 3.42. The second-order valence-electron chi connectivity index (χ2n) is 3.75. The Balaban J connectivity index is 4.25. The third-order valence-corrected chi connectivity index (χ3v) is 2.61. The largest absolute Gasteiger partial charge is 0.481 e. The Morgan fingerprint density at radius 3 is 2.33 bits per heavy atom. The Hall–Kier alpha value is -1.06. The minimum absolute atomic E-state index is 0.445. The van der Waals surface area contributed by atoms with Crippen molar-refractivity contribution in [2.24, 2.45) is 11.8 Å². The highest BCUT2D eigenvalue weighted by atomic mass is 16.5. The molecule has 88 valence electrons. The van der Waals surface area contributed by atoms with E-state index in [0.29, 0.717) is 6.42 Å². The van der Waals surface area contributed by atoms with E-state index in [4.69, 9.17) is 5.11 Å². The van der Waals surface area contributed by atoms with Crippen LogP contribution in [0.25, 0.3) is 0 Å². The van der Waals surface area contributed by atoms with Crippen molar-refractivity contribution in [3.63, 3.8) is 0 Å². The third-order valence-electron chi connectivity index (χ3n) is 2.61. The molecule has 0 radical (unpaired) electrons. The minimum Gasteiger partial charge on any atom is -0.481 e. The molecule has 2 atom stereocenters. The standard InChI is InChI=1S/C11H20O4/c1-4-5-6-7-9(10(12)13)8(2)11(14)15-3/h8-9H,4-7H2,1-3H3,(H,12,13). The summed E-state index contributed by atoms with van der Waals surface area (Å²) >= 11 is 0. The Morgan fingerprint density at radius 2 is 1.93 bits per heavy atom. The lowest BCUT2D eigenvalue weighted by atomic mass is 9.89. The molecule has 15 heavy (non-hydrogen) atoms. The number of esters is 1. The van der Waals surface area contributed by atoms with E-state index in [9.17, 15) is 9.59 Å². The molecule has 1 N–H and O–H groups in total. The number of carbonyl (C=O) groups excluding carboxylic acids is 1. The minimum atomic E-state index is -0.913.